The third-order valence-electron chi connectivity index (χ3n) is 15.1. The van der Waals surface area contributed by atoms with Crippen molar-refractivity contribution in [3.63, 3.8) is 0 Å². The van der Waals surface area contributed by atoms with Crippen LogP contribution in [-0.4, -0.2) is 0 Å². The first-order valence-corrected chi connectivity index (χ1v) is 23.9. The van der Waals surface area contributed by atoms with E-state index >= 15 is 0 Å². The molecule has 0 aliphatic heterocycles. The molecule has 0 unspecified atom stereocenters. The maximum absolute atomic E-state index is 2.53. The van der Waals surface area contributed by atoms with Crippen molar-refractivity contribution in [2.45, 2.75) is 24.7 Å². The summed E-state index contributed by atoms with van der Waals surface area (Å²) < 4.78 is 2.64. The van der Waals surface area contributed by atoms with Gasteiger partial charge in [-0.15, -0.1) is 11.3 Å². The van der Waals surface area contributed by atoms with Crippen LogP contribution >= 0.6 is 11.3 Å². The zero-order chi connectivity index (χ0) is 43.7. The number of rotatable bonds is 5. The van der Waals surface area contributed by atoms with Crippen LogP contribution in [0.15, 0.2) is 224 Å². The Morgan fingerprint density at radius 1 is 0.348 bits per heavy atom. The van der Waals surface area contributed by atoms with Gasteiger partial charge < -0.3 is 4.90 Å². The van der Waals surface area contributed by atoms with Crippen LogP contribution < -0.4 is 4.90 Å². The predicted octanol–water partition coefficient (Wildman–Crippen LogP) is 17.5. The fourth-order valence-electron chi connectivity index (χ4n) is 12.3. The minimum Gasteiger partial charge on any atom is -0.310 e. The summed E-state index contributed by atoms with van der Waals surface area (Å²) in [5, 5.41) is 2.62. The first-order valence-electron chi connectivity index (χ1n) is 23.1. The van der Waals surface area contributed by atoms with Crippen molar-refractivity contribution in [2.75, 3.05) is 4.90 Å². The van der Waals surface area contributed by atoms with Crippen molar-refractivity contribution in [2.24, 2.45) is 0 Å². The Labute approximate surface area is 389 Å². The summed E-state index contributed by atoms with van der Waals surface area (Å²) in [6.45, 7) is 4.75. The van der Waals surface area contributed by atoms with Crippen molar-refractivity contribution in [3.05, 3.63) is 258 Å². The molecule has 14 rings (SSSR count). The van der Waals surface area contributed by atoms with Gasteiger partial charge in [0.15, 0.2) is 0 Å². The molecule has 3 aliphatic rings. The molecule has 10 aromatic carbocycles. The van der Waals surface area contributed by atoms with Crippen LogP contribution in [-0.2, 0) is 10.8 Å². The van der Waals surface area contributed by atoms with E-state index in [-0.39, 0.29) is 5.41 Å². The van der Waals surface area contributed by atoms with Gasteiger partial charge in [0.25, 0.3) is 0 Å². The van der Waals surface area contributed by atoms with E-state index in [0.29, 0.717) is 0 Å². The monoisotopic (exact) mass is 857 g/mol. The minimum atomic E-state index is -0.409. The van der Waals surface area contributed by atoms with Gasteiger partial charge in [0.05, 0.1) is 11.1 Å². The van der Waals surface area contributed by atoms with Gasteiger partial charge >= 0.3 is 0 Å². The number of nitrogens with zero attached hydrogens (tertiary/aromatic N) is 1. The lowest BCUT2D eigenvalue weighted by molar-refractivity contribution is 0.660. The first kappa shape index (κ1) is 37.6. The average Bonchev–Trinajstić information content (AvgIpc) is 4.07. The Morgan fingerprint density at radius 2 is 0.864 bits per heavy atom. The maximum Gasteiger partial charge on any atom is 0.0725 e. The Kier molecular flexibility index (Phi) is 7.89. The highest BCUT2D eigenvalue weighted by molar-refractivity contribution is 7.26. The lowest BCUT2D eigenvalue weighted by Crippen LogP contribution is -2.25. The van der Waals surface area contributed by atoms with E-state index < -0.39 is 5.41 Å². The number of anilines is 3. The third kappa shape index (κ3) is 5.00. The Balaban J connectivity index is 1.02. The van der Waals surface area contributed by atoms with Crippen LogP contribution in [0, 0.1) is 0 Å². The fourth-order valence-corrected chi connectivity index (χ4v) is 13.6. The van der Waals surface area contributed by atoms with Crippen LogP contribution in [0.2, 0.25) is 0 Å². The topological polar surface area (TPSA) is 3.24 Å². The molecule has 2 heteroatoms. The van der Waals surface area contributed by atoms with Gasteiger partial charge in [0.2, 0.25) is 0 Å². The second-order valence-electron chi connectivity index (χ2n) is 18.7. The number of benzene rings is 10. The lowest BCUT2D eigenvalue weighted by atomic mass is 9.70. The average molecular weight is 858 g/mol. The molecule has 66 heavy (non-hydrogen) atoms. The summed E-state index contributed by atoms with van der Waals surface area (Å²) in [6.07, 6.45) is 0. The Morgan fingerprint density at radius 3 is 1.62 bits per heavy atom. The zero-order valence-corrected chi connectivity index (χ0v) is 37.5. The van der Waals surface area contributed by atoms with Crippen molar-refractivity contribution in [1.82, 2.24) is 0 Å². The summed E-state index contributed by atoms with van der Waals surface area (Å²) in [5.41, 5.74) is 23.8. The van der Waals surface area contributed by atoms with Crippen molar-refractivity contribution in [1.29, 1.82) is 0 Å². The molecule has 0 bridgehead atoms. The number of para-hydroxylation sites is 1. The van der Waals surface area contributed by atoms with Crippen LogP contribution in [0.3, 0.4) is 0 Å². The van der Waals surface area contributed by atoms with E-state index in [1.807, 2.05) is 11.3 Å². The Hall–Kier alpha value is -7.78. The lowest BCUT2D eigenvalue weighted by Gasteiger charge is -2.32. The maximum atomic E-state index is 2.53. The van der Waals surface area contributed by atoms with Gasteiger partial charge in [-0.3, -0.25) is 0 Å². The number of thiophene rings is 1. The van der Waals surface area contributed by atoms with Crippen LogP contribution in [0.1, 0.15) is 47.2 Å². The van der Waals surface area contributed by atoms with Crippen molar-refractivity contribution in [3.8, 4) is 55.6 Å². The molecule has 310 valence electrons. The van der Waals surface area contributed by atoms with Crippen molar-refractivity contribution >= 4 is 48.6 Å². The third-order valence-corrected chi connectivity index (χ3v) is 16.3. The highest BCUT2D eigenvalue weighted by Crippen LogP contribution is 2.63. The van der Waals surface area contributed by atoms with Gasteiger partial charge in [-0.2, -0.15) is 0 Å². The summed E-state index contributed by atoms with van der Waals surface area (Å²) in [4.78, 5) is 2.53. The second kappa shape index (κ2) is 13.9. The molecule has 0 radical (unpaired) electrons. The highest BCUT2D eigenvalue weighted by Gasteiger charge is 2.51. The normalized spacial score (nSPS) is 14.2. The van der Waals surface area contributed by atoms with Gasteiger partial charge in [-0.05, 0) is 120 Å². The predicted molar refractivity (Wildman–Crippen MR) is 279 cm³/mol. The number of hydrogen-bond donors (Lipinski definition) is 0. The molecule has 0 fully saturated rings. The first-order chi connectivity index (χ1) is 32.5. The number of hydrogen-bond acceptors (Lipinski definition) is 2. The van der Waals surface area contributed by atoms with Crippen LogP contribution in [0.4, 0.5) is 17.1 Å². The highest BCUT2D eigenvalue weighted by atomic mass is 32.1. The molecule has 1 aromatic heterocycles. The fraction of sp³-hybridized carbons (Fsp3) is 0.0625. The summed E-state index contributed by atoms with van der Waals surface area (Å²) >= 11 is 1.89. The van der Waals surface area contributed by atoms with E-state index in [9.17, 15) is 0 Å². The summed E-state index contributed by atoms with van der Waals surface area (Å²) in [6, 6.07) is 84.5. The molecule has 11 aromatic rings. The second-order valence-corrected chi connectivity index (χ2v) is 19.8. The molecule has 0 atom stereocenters. The van der Waals surface area contributed by atoms with Gasteiger partial charge in [0.1, 0.15) is 0 Å². The molecule has 0 N–H and O–H groups in total. The van der Waals surface area contributed by atoms with E-state index in [0.717, 1.165) is 17.1 Å². The van der Waals surface area contributed by atoms with Gasteiger partial charge in [-0.25, -0.2) is 0 Å². The Bertz CT molecular complexity index is 3780. The molecular weight excluding hydrogens is 815 g/mol. The van der Waals surface area contributed by atoms with E-state index in [2.05, 4.69) is 243 Å². The quantitative estimate of drug-likeness (QED) is 0.167. The van der Waals surface area contributed by atoms with E-state index in [1.54, 1.807) is 0 Å². The molecule has 1 nitrogen and oxygen atoms in total. The SMILES string of the molecule is CC1(C)c2ccccc2-c2c(-c3ccccc3N(c3cccc(-c4cccc5c4sc4ccccc45)c3)c3ccc4c(c3)-c3ccccc3C43c4ccccc4-c4ccccc43)cccc21. The largest absolute Gasteiger partial charge is 0.310 e. The minimum absolute atomic E-state index is 0.112. The molecule has 0 amide bonds. The molecule has 3 aliphatic carbocycles. The zero-order valence-electron chi connectivity index (χ0n) is 36.7. The van der Waals surface area contributed by atoms with Crippen LogP contribution in [0.5, 0.6) is 0 Å². The van der Waals surface area contributed by atoms with E-state index in [4.69, 9.17) is 0 Å². The van der Waals surface area contributed by atoms with E-state index in [1.165, 1.54) is 109 Å². The molecule has 0 saturated carbocycles. The van der Waals surface area contributed by atoms with Gasteiger partial charge in [-0.1, -0.05) is 202 Å². The standard InChI is InChI=1S/C64H43NS/c1-63(2)53-29-9-6-25-51(53)61-49(27-17-33-58(61)63)47-23-7-13-34-59(47)65(41-19-15-18-40(38-41)43-26-16-28-50-48-24-8-14-35-60(48)66-62(43)50)42-36-37-57-52(39-42)46-22-5-12-32-56(46)64(57)54-30-10-3-20-44(54)45-21-4-11-31-55(45)64/h3-39H,1-2H3. The molecule has 1 heterocycles. The smallest absolute Gasteiger partial charge is 0.0725 e. The van der Waals surface area contributed by atoms with Crippen molar-refractivity contribution < 1.29 is 0 Å². The summed E-state index contributed by atoms with van der Waals surface area (Å²) in [7, 11) is 0. The summed E-state index contributed by atoms with van der Waals surface area (Å²) in [5.74, 6) is 0. The molecule has 0 saturated heterocycles. The molecular formula is C64H43NS. The molecule has 1 spiro atoms. The number of fused-ring (bicyclic) bond motifs is 16. The van der Waals surface area contributed by atoms with Gasteiger partial charge in [0, 0.05) is 42.5 Å². The van der Waals surface area contributed by atoms with Crippen LogP contribution in [0.25, 0.3) is 75.8 Å².